The summed E-state index contributed by atoms with van der Waals surface area (Å²) in [5.41, 5.74) is 1.40. The van der Waals surface area contributed by atoms with Gasteiger partial charge in [-0.3, -0.25) is 0 Å². The van der Waals surface area contributed by atoms with E-state index in [0.717, 1.165) is 23.4 Å². The second kappa shape index (κ2) is 6.06. The van der Waals surface area contributed by atoms with E-state index in [4.69, 9.17) is 9.26 Å². The summed E-state index contributed by atoms with van der Waals surface area (Å²) in [6.07, 6.45) is 0.817. The van der Waals surface area contributed by atoms with Gasteiger partial charge in [-0.15, -0.1) is 0 Å². The third-order valence-corrected chi connectivity index (χ3v) is 3.84. The van der Waals surface area contributed by atoms with Crippen LogP contribution in [0, 0.1) is 0 Å². The van der Waals surface area contributed by atoms with Gasteiger partial charge in [0.25, 0.3) is 0 Å². The van der Waals surface area contributed by atoms with Crippen LogP contribution in [0.5, 0.6) is 5.75 Å². The third-order valence-electron chi connectivity index (χ3n) is 3.84. The Kier molecular flexibility index (Phi) is 4.18. The highest BCUT2D eigenvalue weighted by atomic mass is 16.5. The molecule has 1 aliphatic heterocycles. The number of nitrogens with zero attached hydrogens (tertiary/aromatic N) is 2. The van der Waals surface area contributed by atoms with Gasteiger partial charge < -0.3 is 19.9 Å². The van der Waals surface area contributed by atoms with E-state index in [0.29, 0.717) is 11.7 Å². The largest absolute Gasteiger partial charge is 0.487 e. The zero-order chi connectivity index (χ0) is 18.2. The van der Waals surface area contributed by atoms with Gasteiger partial charge in [0.05, 0.1) is 6.54 Å². The topological polar surface area (TPSA) is 89.3 Å². The van der Waals surface area contributed by atoms with Gasteiger partial charge in [0.1, 0.15) is 11.4 Å². The van der Waals surface area contributed by atoms with Crippen molar-refractivity contribution in [2.45, 2.75) is 58.6 Å². The molecule has 3 rings (SSSR count). The number of urea groups is 1. The Labute approximate surface area is 147 Å². The highest BCUT2D eigenvalue weighted by Gasteiger charge is 2.30. The standard InChI is InChI=1S/C18H24N4O3/c1-17(2,3)15-21-14(22-25-15)10-19-16(23)20-12-6-7-13-11(8-12)9-18(4,5)24-13/h6-8H,9-10H2,1-5H3,(H2,19,20,23). The minimum absolute atomic E-state index is 0.201. The van der Waals surface area contributed by atoms with Crippen LogP contribution < -0.4 is 15.4 Å². The Hall–Kier alpha value is -2.57. The number of carbonyl (C=O) groups excluding carboxylic acids is 1. The van der Waals surface area contributed by atoms with Crippen molar-refractivity contribution in [2.24, 2.45) is 0 Å². The van der Waals surface area contributed by atoms with E-state index in [2.05, 4.69) is 20.8 Å². The lowest BCUT2D eigenvalue weighted by Crippen LogP contribution is -2.28. The number of aromatic nitrogens is 2. The number of rotatable bonds is 3. The van der Waals surface area contributed by atoms with Gasteiger partial charge in [0.2, 0.25) is 5.89 Å². The molecule has 0 aliphatic carbocycles. The molecule has 0 saturated carbocycles. The maximum absolute atomic E-state index is 12.1. The van der Waals surface area contributed by atoms with Crippen LogP contribution in [0.2, 0.25) is 0 Å². The van der Waals surface area contributed by atoms with Crippen LogP contribution in [0.3, 0.4) is 0 Å². The fourth-order valence-electron chi connectivity index (χ4n) is 2.65. The predicted octanol–water partition coefficient (Wildman–Crippen LogP) is 3.40. The molecule has 0 spiro atoms. The molecule has 2 N–H and O–H groups in total. The van der Waals surface area contributed by atoms with Crippen LogP contribution in [-0.2, 0) is 18.4 Å². The second-order valence-electron chi connectivity index (χ2n) is 7.93. The van der Waals surface area contributed by atoms with Crippen molar-refractivity contribution in [3.63, 3.8) is 0 Å². The van der Waals surface area contributed by atoms with Crippen LogP contribution in [0.25, 0.3) is 0 Å². The summed E-state index contributed by atoms with van der Waals surface area (Å²) in [6.45, 7) is 10.3. The summed E-state index contributed by atoms with van der Waals surface area (Å²) in [5.74, 6) is 1.87. The lowest BCUT2D eigenvalue weighted by Gasteiger charge is -2.16. The predicted molar refractivity (Wildman–Crippen MR) is 93.7 cm³/mol. The van der Waals surface area contributed by atoms with Crippen LogP contribution >= 0.6 is 0 Å². The molecule has 1 aromatic carbocycles. The maximum atomic E-state index is 12.1. The summed E-state index contributed by atoms with van der Waals surface area (Å²) in [7, 11) is 0. The number of hydrogen-bond donors (Lipinski definition) is 2. The molecule has 2 aromatic rings. The zero-order valence-electron chi connectivity index (χ0n) is 15.3. The number of amides is 2. The molecule has 2 amide bonds. The van der Waals surface area contributed by atoms with E-state index in [1.54, 1.807) is 0 Å². The van der Waals surface area contributed by atoms with E-state index < -0.39 is 0 Å². The second-order valence-corrected chi connectivity index (χ2v) is 7.93. The summed E-state index contributed by atoms with van der Waals surface area (Å²) < 4.78 is 11.0. The molecule has 0 saturated heterocycles. The summed E-state index contributed by atoms with van der Waals surface area (Å²) in [6, 6.07) is 5.33. The number of benzene rings is 1. The number of fused-ring (bicyclic) bond motifs is 1. The van der Waals surface area contributed by atoms with Gasteiger partial charge in [-0.2, -0.15) is 4.98 Å². The van der Waals surface area contributed by atoms with Crippen molar-refractivity contribution in [1.82, 2.24) is 15.5 Å². The Morgan fingerprint density at radius 3 is 2.76 bits per heavy atom. The Morgan fingerprint density at radius 2 is 2.08 bits per heavy atom. The van der Waals surface area contributed by atoms with Gasteiger partial charge in [-0.25, -0.2) is 4.79 Å². The van der Waals surface area contributed by atoms with Gasteiger partial charge in [0, 0.05) is 23.1 Å². The molecule has 7 heteroatoms. The average Bonchev–Trinajstić information content (AvgIpc) is 3.07. The first kappa shape index (κ1) is 17.3. The SMILES string of the molecule is CC1(C)Cc2cc(NC(=O)NCc3noc(C(C)(C)C)n3)ccc2O1. The van der Waals surface area contributed by atoms with E-state index in [1.165, 1.54) is 0 Å². The van der Waals surface area contributed by atoms with Crippen molar-refractivity contribution in [2.75, 3.05) is 5.32 Å². The number of anilines is 1. The van der Waals surface area contributed by atoms with E-state index in [1.807, 2.05) is 52.8 Å². The van der Waals surface area contributed by atoms with Crippen LogP contribution in [0.15, 0.2) is 22.7 Å². The van der Waals surface area contributed by atoms with Crippen molar-refractivity contribution in [3.05, 3.63) is 35.5 Å². The zero-order valence-corrected chi connectivity index (χ0v) is 15.3. The summed E-state index contributed by atoms with van der Waals surface area (Å²) >= 11 is 0. The van der Waals surface area contributed by atoms with Gasteiger partial charge in [0.15, 0.2) is 5.82 Å². The van der Waals surface area contributed by atoms with Crippen molar-refractivity contribution >= 4 is 11.7 Å². The van der Waals surface area contributed by atoms with Gasteiger partial charge in [-0.05, 0) is 32.0 Å². The smallest absolute Gasteiger partial charge is 0.319 e. The molecule has 0 atom stereocenters. The highest BCUT2D eigenvalue weighted by molar-refractivity contribution is 5.89. The normalized spacial score (nSPS) is 15.4. The minimum atomic E-state index is -0.319. The van der Waals surface area contributed by atoms with Crippen LogP contribution in [0.1, 0.15) is 51.9 Å². The molecule has 7 nitrogen and oxygen atoms in total. The molecular formula is C18H24N4O3. The molecule has 25 heavy (non-hydrogen) atoms. The van der Waals surface area contributed by atoms with E-state index in [-0.39, 0.29) is 23.6 Å². The molecule has 2 heterocycles. The quantitative estimate of drug-likeness (QED) is 0.891. The third kappa shape index (κ3) is 4.10. The summed E-state index contributed by atoms with van der Waals surface area (Å²) in [5, 5.41) is 9.42. The Morgan fingerprint density at radius 1 is 1.32 bits per heavy atom. The minimum Gasteiger partial charge on any atom is -0.487 e. The molecular weight excluding hydrogens is 320 g/mol. The lowest BCUT2D eigenvalue weighted by molar-refractivity contribution is 0.138. The Balaban J connectivity index is 1.56. The molecule has 0 radical (unpaired) electrons. The molecule has 134 valence electrons. The fourth-order valence-corrected chi connectivity index (χ4v) is 2.65. The van der Waals surface area contributed by atoms with Gasteiger partial charge in [-0.1, -0.05) is 25.9 Å². The van der Waals surface area contributed by atoms with Crippen molar-refractivity contribution < 1.29 is 14.1 Å². The number of hydrogen-bond acceptors (Lipinski definition) is 5. The lowest BCUT2D eigenvalue weighted by atomic mass is 9.97. The number of ether oxygens (including phenoxy) is 1. The number of nitrogens with one attached hydrogen (secondary N) is 2. The summed E-state index contributed by atoms with van der Waals surface area (Å²) in [4.78, 5) is 16.4. The molecule has 0 unspecified atom stereocenters. The number of carbonyl (C=O) groups is 1. The van der Waals surface area contributed by atoms with Crippen LogP contribution in [0.4, 0.5) is 10.5 Å². The first-order valence-electron chi connectivity index (χ1n) is 8.32. The molecule has 0 fully saturated rings. The van der Waals surface area contributed by atoms with Crippen LogP contribution in [-0.4, -0.2) is 21.8 Å². The average molecular weight is 344 g/mol. The molecule has 1 aliphatic rings. The first-order valence-corrected chi connectivity index (χ1v) is 8.32. The fraction of sp³-hybridized carbons (Fsp3) is 0.500. The maximum Gasteiger partial charge on any atom is 0.319 e. The van der Waals surface area contributed by atoms with Crippen molar-refractivity contribution in [1.29, 1.82) is 0 Å². The molecule has 0 bridgehead atoms. The molecule has 1 aromatic heterocycles. The van der Waals surface area contributed by atoms with E-state index >= 15 is 0 Å². The highest BCUT2D eigenvalue weighted by Crippen LogP contribution is 2.36. The first-order chi connectivity index (χ1) is 11.6. The monoisotopic (exact) mass is 344 g/mol. The van der Waals surface area contributed by atoms with Crippen molar-refractivity contribution in [3.8, 4) is 5.75 Å². The Bertz CT molecular complexity index is 790. The van der Waals surface area contributed by atoms with E-state index in [9.17, 15) is 4.79 Å². The van der Waals surface area contributed by atoms with Gasteiger partial charge >= 0.3 is 6.03 Å².